The minimum absolute atomic E-state index is 0.672. The van der Waals surface area contributed by atoms with Crippen LogP contribution in [-0.2, 0) is 0 Å². The minimum Gasteiger partial charge on any atom is -0.361 e. The second-order valence-corrected chi connectivity index (χ2v) is 8.27. The maximum atomic E-state index is 10.9. The van der Waals surface area contributed by atoms with Gasteiger partial charge in [-0.2, -0.15) is 0 Å². The Morgan fingerprint density at radius 3 is 2.50 bits per heavy atom. The zero-order valence-corrected chi connectivity index (χ0v) is 19.6. The number of fused-ring (bicyclic) bond motifs is 2. The Bertz CT molecular complexity index is 1320. The fourth-order valence-corrected chi connectivity index (χ4v) is 4.75. The molecule has 0 aliphatic rings. The molecule has 0 radical (unpaired) electrons. The number of hydrogen-bond donors (Lipinski definition) is 1. The van der Waals surface area contributed by atoms with Crippen LogP contribution >= 0.6 is 30.3 Å². The quantitative estimate of drug-likeness (QED) is 0.195. The summed E-state index contributed by atoms with van der Waals surface area (Å²) in [7, 11) is 1.60. The topological polar surface area (TPSA) is 50.7 Å². The summed E-state index contributed by atoms with van der Waals surface area (Å²) in [5, 5.41) is 2.30. The standard InChI is InChI=1S/C22H14IN3OS.C2H6/c23-28-26-12-20(16-5-6-21-17(9-16)7-8-24-21)19-10-18(11-25-22(19)26)15-3-1-14(13-27)2-4-15;1-2/h1-13,24H;1-2H3. The van der Waals surface area contributed by atoms with Crippen LogP contribution in [0.3, 0.4) is 0 Å². The van der Waals surface area contributed by atoms with Crippen LogP contribution in [0.2, 0.25) is 0 Å². The van der Waals surface area contributed by atoms with Gasteiger partial charge >= 0.3 is 0 Å². The summed E-state index contributed by atoms with van der Waals surface area (Å²) >= 11 is 2.28. The Kier molecular flexibility index (Phi) is 6.24. The van der Waals surface area contributed by atoms with Crippen molar-refractivity contribution in [2.24, 2.45) is 0 Å². The predicted molar refractivity (Wildman–Crippen MR) is 136 cm³/mol. The fraction of sp³-hybridized carbons (Fsp3) is 0.0833. The average Bonchev–Trinajstić information content (AvgIpc) is 3.44. The first-order valence-corrected chi connectivity index (χ1v) is 13.0. The first-order valence-electron chi connectivity index (χ1n) is 9.70. The van der Waals surface area contributed by atoms with E-state index in [1.807, 2.05) is 50.5 Å². The molecule has 0 spiro atoms. The molecule has 0 unspecified atom stereocenters. The van der Waals surface area contributed by atoms with Crippen LogP contribution in [0.25, 0.3) is 44.2 Å². The first-order chi connectivity index (χ1) is 14.8. The van der Waals surface area contributed by atoms with E-state index in [0.717, 1.165) is 45.1 Å². The van der Waals surface area contributed by atoms with Gasteiger partial charge in [0, 0.05) is 76.5 Å². The molecule has 0 bridgehead atoms. The van der Waals surface area contributed by atoms with E-state index in [-0.39, 0.29) is 0 Å². The van der Waals surface area contributed by atoms with Crippen molar-refractivity contribution < 1.29 is 4.79 Å². The van der Waals surface area contributed by atoms with E-state index >= 15 is 0 Å². The van der Waals surface area contributed by atoms with E-state index in [2.05, 4.69) is 66.7 Å². The van der Waals surface area contributed by atoms with Gasteiger partial charge in [-0.1, -0.05) is 44.2 Å². The van der Waals surface area contributed by atoms with Crippen LogP contribution in [0.15, 0.2) is 73.2 Å². The number of carbonyl (C=O) groups excluding carboxylic acids is 1. The lowest BCUT2D eigenvalue weighted by Gasteiger charge is -2.04. The van der Waals surface area contributed by atoms with E-state index in [1.54, 1.807) is 9.12 Å². The summed E-state index contributed by atoms with van der Waals surface area (Å²) in [6.07, 6.45) is 6.85. The Morgan fingerprint density at radius 2 is 1.77 bits per heavy atom. The molecular formula is C24H20IN3OS. The van der Waals surface area contributed by atoms with E-state index < -0.39 is 0 Å². The third-order valence-corrected chi connectivity index (χ3v) is 6.63. The molecule has 4 nitrogen and oxygen atoms in total. The first kappa shape index (κ1) is 20.7. The van der Waals surface area contributed by atoms with E-state index in [0.29, 0.717) is 5.56 Å². The van der Waals surface area contributed by atoms with Gasteiger partial charge in [0.15, 0.2) is 5.65 Å². The van der Waals surface area contributed by atoms with Crippen molar-refractivity contribution in [3.63, 3.8) is 0 Å². The lowest BCUT2D eigenvalue weighted by atomic mass is 10.0. The Labute approximate surface area is 191 Å². The summed E-state index contributed by atoms with van der Waals surface area (Å²) in [6, 6.07) is 18.3. The molecule has 3 heterocycles. The number of rotatable bonds is 4. The van der Waals surface area contributed by atoms with Crippen LogP contribution in [0.5, 0.6) is 0 Å². The zero-order chi connectivity index (χ0) is 21.1. The van der Waals surface area contributed by atoms with Crippen LogP contribution in [-0.4, -0.2) is 20.2 Å². The molecule has 1 N–H and O–H groups in total. The second-order valence-electron chi connectivity index (χ2n) is 6.55. The molecule has 3 aromatic heterocycles. The average molecular weight is 525 g/mol. The van der Waals surface area contributed by atoms with E-state index in [9.17, 15) is 4.79 Å². The number of benzene rings is 2. The van der Waals surface area contributed by atoms with Crippen molar-refractivity contribution in [3.05, 3.63) is 78.8 Å². The molecule has 0 atom stereocenters. The lowest BCUT2D eigenvalue weighted by molar-refractivity contribution is 0.112. The number of aldehydes is 1. The highest BCUT2D eigenvalue weighted by molar-refractivity contribution is 14.2. The predicted octanol–water partition coefficient (Wildman–Crippen LogP) is 7.54. The molecule has 2 aromatic carbocycles. The number of hydrogen-bond acceptors (Lipinski definition) is 3. The number of carbonyl (C=O) groups is 1. The summed E-state index contributed by atoms with van der Waals surface area (Å²) in [5.74, 6) is 0. The zero-order valence-electron chi connectivity index (χ0n) is 16.6. The van der Waals surface area contributed by atoms with Crippen molar-refractivity contribution in [2.45, 2.75) is 13.8 Å². The number of aromatic amines is 1. The van der Waals surface area contributed by atoms with Crippen molar-refractivity contribution in [1.82, 2.24) is 13.9 Å². The van der Waals surface area contributed by atoms with Gasteiger partial charge in [0.05, 0.1) is 0 Å². The molecule has 0 saturated heterocycles. The molecule has 0 saturated carbocycles. The molecule has 5 rings (SSSR count). The van der Waals surface area contributed by atoms with Crippen LogP contribution in [0, 0.1) is 0 Å². The van der Waals surface area contributed by atoms with Crippen LogP contribution in [0.4, 0.5) is 0 Å². The van der Waals surface area contributed by atoms with Gasteiger partial charge in [0.25, 0.3) is 0 Å². The molecular weight excluding hydrogens is 505 g/mol. The molecule has 6 heteroatoms. The molecule has 0 aliphatic heterocycles. The number of pyridine rings is 1. The Hall–Kier alpha value is -2.58. The molecule has 0 aliphatic carbocycles. The summed E-state index contributed by atoms with van der Waals surface area (Å²) in [6.45, 7) is 4.00. The van der Waals surface area contributed by atoms with Gasteiger partial charge in [0.2, 0.25) is 0 Å². The van der Waals surface area contributed by atoms with Gasteiger partial charge in [0.1, 0.15) is 6.29 Å². The number of H-pyrrole nitrogens is 1. The third kappa shape index (κ3) is 3.77. The fourth-order valence-electron chi connectivity index (χ4n) is 3.49. The number of halogens is 1. The molecule has 0 fully saturated rings. The van der Waals surface area contributed by atoms with Crippen molar-refractivity contribution >= 4 is 58.5 Å². The van der Waals surface area contributed by atoms with Gasteiger partial charge in [-0.05, 0) is 40.8 Å². The summed E-state index contributed by atoms with van der Waals surface area (Å²) in [5.41, 5.74) is 7.14. The summed E-state index contributed by atoms with van der Waals surface area (Å²) in [4.78, 5) is 18.9. The normalized spacial score (nSPS) is 10.8. The van der Waals surface area contributed by atoms with Crippen molar-refractivity contribution in [1.29, 1.82) is 0 Å². The molecule has 5 aromatic rings. The van der Waals surface area contributed by atoms with Gasteiger partial charge < -0.3 is 4.98 Å². The highest BCUT2D eigenvalue weighted by atomic mass is 127. The summed E-state index contributed by atoms with van der Waals surface area (Å²) < 4.78 is 2.09. The largest absolute Gasteiger partial charge is 0.361 e. The SMILES string of the molecule is CC.O=Cc1ccc(-c2cnc3c(c2)c(-c2ccc4[nH]ccc4c2)cn3SI)cc1. The van der Waals surface area contributed by atoms with Gasteiger partial charge in [-0.3, -0.25) is 8.77 Å². The van der Waals surface area contributed by atoms with Gasteiger partial charge in [-0.15, -0.1) is 0 Å². The van der Waals surface area contributed by atoms with E-state index in [4.69, 9.17) is 4.98 Å². The highest BCUT2D eigenvalue weighted by Crippen LogP contribution is 2.36. The smallest absolute Gasteiger partial charge is 0.151 e. The third-order valence-electron chi connectivity index (χ3n) is 4.93. The molecule has 0 amide bonds. The lowest BCUT2D eigenvalue weighted by Crippen LogP contribution is -1.86. The molecule has 30 heavy (non-hydrogen) atoms. The van der Waals surface area contributed by atoms with Crippen LogP contribution in [0.1, 0.15) is 24.2 Å². The second kappa shape index (κ2) is 9.06. The highest BCUT2D eigenvalue weighted by Gasteiger charge is 2.14. The number of nitrogens with one attached hydrogen (secondary N) is 1. The monoisotopic (exact) mass is 525 g/mol. The van der Waals surface area contributed by atoms with E-state index in [1.165, 1.54) is 5.39 Å². The Morgan fingerprint density at radius 1 is 1.00 bits per heavy atom. The van der Waals surface area contributed by atoms with Gasteiger partial charge in [-0.25, -0.2) is 4.98 Å². The van der Waals surface area contributed by atoms with Crippen LogP contribution < -0.4 is 0 Å². The Balaban J connectivity index is 0.00000106. The number of nitrogens with zero attached hydrogens (tertiary/aromatic N) is 2. The molecule has 150 valence electrons. The minimum atomic E-state index is 0.672. The van der Waals surface area contributed by atoms with Crippen molar-refractivity contribution in [2.75, 3.05) is 0 Å². The maximum absolute atomic E-state index is 10.9. The number of aromatic nitrogens is 3. The van der Waals surface area contributed by atoms with Crippen molar-refractivity contribution in [3.8, 4) is 22.3 Å². The maximum Gasteiger partial charge on any atom is 0.151 e.